The molecule has 5 rings (SSSR count). The molecule has 9 heteroatoms. The van der Waals surface area contributed by atoms with Gasteiger partial charge in [0.15, 0.2) is 17.1 Å². The number of methoxy groups -OCH3 is 1. The Balaban J connectivity index is 1.34. The molecule has 0 saturated heterocycles. The fourth-order valence-electron chi connectivity index (χ4n) is 3.52. The number of benzene rings is 4. The van der Waals surface area contributed by atoms with Crippen molar-refractivity contribution in [2.75, 3.05) is 7.11 Å². The summed E-state index contributed by atoms with van der Waals surface area (Å²) in [5.41, 5.74) is 3.44. The molecular weight excluding hydrogens is 518 g/mol. The van der Waals surface area contributed by atoms with Crippen molar-refractivity contribution in [1.29, 1.82) is 0 Å². The molecule has 0 N–H and O–H groups in total. The first-order valence-electron chi connectivity index (χ1n) is 11.0. The maximum Gasteiger partial charge on any atom is 0.345 e. The maximum absolute atomic E-state index is 13.2. The molecule has 184 valence electrons. The number of carbonyl (C=O) groups is 1. The van der Waals surface area contributed by atoms with Gasteiger partial charge in [-0.2, -0.15) is 0 Å². The summed E-state index contributed by atoms with van der Waals surface area (Å²) in [5.74, 6) is 0.00439. The quantitative estimate of drug-likeness (QED) is 0.125. The Kier molecular flexibility index (Phi) is 6.90. The van der Waals surface area contributed by atoms with Gasteiger partial charge in [-0.15, -0.1) is 0 Å². The minimum absolute atomic E-state index is 0.185. The van der Waals surface area contributed by atoms with Crippen LogP contribution in [0.4, 0.5) is 10.1 Å². The van der Waals surface area contributed by atoms with Crippen molar-refractivity contribution in [3.8, 4) is 23.0 Å². The van der Waals surface area contributed by atoms with Gasteiger partial charge in [0.05, 0.1) is 23.4 Å². The summed E-state index contributed by atoms with van der Waals surface area (Å²) in [4.78, 5) is 21.5. The zero-order valence-corrected chi connectivity index (χ0v) is 20.8. The van der Waals surface area contributed by atoms with Gasteiger partial charge in [-0.1, -0.05) is 23.2 Å². The second-order valence-electron chi connectivity index (χ2n) is 7.86. The van der Waals surface area contributed by atoms with E-state index in [-0.39, 0.29) is 22.2 Å². The van der Waals surface area contributed by atoms with Crippen molar-refractivity contribution in [3.05, 3.63) is 106 Å². The van der Waals surface area contributed by atoms with Gasteiger partial charge < -0.3 is 13.9 Å². The summed E-state index contributed by atoms with van der Waals surface area (Å²) < 4.78 is 29.8. The second kappa shape index (κ2) is 10.4. The van der Waals surface area contributed by atoms with E-state index in [4.69, 9.17) is 37.1 Å². The smallest absolute Gasteiger partial charge is 0.345 e. The predicted molar refractivity (Wildman–Crippen MR) is 141 cm³/mol. The van der Waals surface area contributed by atoms with Gasteiger partial charge in [-0.05, 0) is 84.4 Å². The highest BCUT2D eigenvalue weighted by Crippen LogP contribution is 2.31. The van der Waals surface area contributed by atoms with Gasteiger partial charge in [0.2, 0.25) is 5.89 Å². The Bertz CT molecular complexity index is 1650. The van der Waals surface area contributed by atoms with E-state index in [0.717, 1.165) is 0 Å². The number of ether oxygens (including phenoxy) is 2. The van der Waals surface area contributed by atoms with Gasteiger partial charge in [-0.25, -0.2) is 14.2 Å². The summed E-state index contributed by atoms with van der Waals surface area (Å²) in [5, 5.41) is 0.605. The molecule has 0 fully saturated rings. The summed E-state index contributed by atoms with van der Waals surface area (Å²) in [7, 11) is 1.47. The SMILES string of the molecule is COc1cc(C=Nc2ccc3oc(-c4ccc(F)cc4)nc3c2)ccc1OC(=O)c1ccc(Cl)cc1Cl. The molecule has 0 amide bonds. The third kappa shape index (κ3) is 5.48. The Morgan fingerprint density at radius 3 is 2.54 bits per heavy atom. The molecule has 37 heavy (non-hydrogen) atoms. The van der Waals surface area contributed by atoms with Crippen molar-refractivity contribution >= 4 is 52.2 Å². The number of esters is 1. The number of aliphatic imine (C=N–C) groups is 1. The molecule has 0 aliphatic heterocycles. The van der Waals surface area contributed by atoms with E-state index in [1.165, 1.54) is 31.4 Å². The van der Waals surface area contributed by atoms with Crippen LogP contribution < -0.4 is 9.47 Å². The van der Waals surface area contributed by atoms with Crippen LogP contribution in [0.15, 0.2) is 88.3 Å². The molecule has 0 aliphatic carbocycles. The Morgan fingerprint density at radius 2 is 1.78 bits per heavy atom. The number of fused-ring (bicyclic) bond motifs is 1. The molecule has 0 aliphatic rings. The van der Waals surface area contributed by atoms with Gasteiger partial charge in [-0.3, -0.25) is 4.99 Å². The normalized spacial score (nSPS) is 11.2. The molecule has 0 unspecified atom stereocenters. The van der Waals surface area contributed by atoms with E-state index < -0.39 is 5.97 Å². The van der Waals surface area contributed by atoms with Gasteiger partial charge in [0, 0.05) is 16.8 Å². The van der Waals surface area contributed by atoms with Crippen LogP contribution in [0, 0.1) is 5.82 Å². The van der Waals surface area contributed by atoms with E-state index in [1.54, 1.807) is 60.8 Å². The highest BCUT2D eigenvalue weighted by molar-refractivity contribution is 6.36. The maximum atomic E-state index is 13.2. The average Bonchev–Trinajstić information content (AvgIpc) is 3.32. The number of rotatable bonds is 6. The molecule has 5 aromatic rings. The predicted octanol–water partition coefficient (Wildman–Crippen LogP) is 7.92. The Morgan fingerprint density at radius 1 is 0.973 bits per heavy atom. The minimum Gasteiger partial charge on any atom is -0.493 e. The van der Waals surface area contributed by atoms with Crippen molar-refractivity contribution in [3.63, 3.8) is 0 Å². The number of oxazole rings is 1. The zero-order valence-electron chi connectivity index (χ0n) is 19.2. The van der Waals surface area contributed by atoms with Crippen molar-refractivity contribution in [2.45, 2.75) is 0 Å². The van der Waals surface area contributed by atoms with E-state index in [9.17, 15) is 9.18 Å². The third-order valence-electron chi connectivity index (χ3n) is 5.37. The molecule has 0 radical (unpaired) electrons. The lowest BCUT2D eigenvalue weighted by molar-refractivity contribution is 0.0730. The van der Waals surface area contributed by atoms with Gasteiger partial charge in [0.25, 0.3) is 0 Å². The highest BCUT2D eigenvalue weighted by Gasteiger charge is 2.16. The number of aromatic nitrogens is 1. The van der Waals surface area contributed by atoms with Gasteiger partial charge in [0.1, 0.15) is 11.3 Å². The molecule has 1 aromatic heterocycles. The standard InChI is InChI=1S/C28H17Cl2FN2O4/c1-35-26-12-16(2-10-25(26)37-28(34)21-9-5-18(29)13-22(21)30)15-32-20-8-11-24-23(14-20)33-27(36-24)17-3-6-19(31)7-4-17/h2-15H,1H3. The van der Waals surface area contributed by atoms with Crippen LogP contribution in [0.2, 0.25) is 10.0 Å². The van der Waals surface area contributed by atoms with E-state index >= 15 is 0 Å². The Hall–Kier alpha value is -4.20. The summed E-state index contributed by atoms with van der Waals surface area (Å²) in [6, 6.07) is 20.8. The lowest BCUT2D eigenvalue weighted by Crippen LogP contribution is -2.10. The van der Waals surface area contributed by atoms with Crippen LogP contribution in [-0.4, -0.2) is 24.3 Å². The number of hydrogen-bond acceptors (Lipinski definition) is 6. The number of hydrogen-bond donors (Lipinski definition) is 0. The van der Waals surface area contributed by atoms with Crippen LogP contribution in [0.3, 0.4) is 0 Å². The van der Waals surface area contributed by atoms with Crippen LogP contribution in [0.25, 0.3) is 22.6 Å². The molecular formula is C28H17Cl2FN2O4. The minimum atomic E-state index is -0.637. The van der Waals surface area contributed by atoms with Crippen LogP contribution in [0.1, 0.15) is 15.9 Å². The fraction of sp³-hybridized carbons (Fsp3) is 0.0357. The first-order valence-corrected chi connectivity index (χ1v) is 11.7. The van der Waals surface area contributed by atoms with E-state index in [0.29, 0.717) is 44.6 Å². The van der Waals surface area contributed by atoms with Crippen molar-refractivity contribution in [1.82, 2.24) is 4.98 Å². The fourth-order valence-corrected chi connectivity index (χ4v) is 4.01. The lowest BCUT2D eigenvalue weighted by Gasteiger charge is -2.10. The molecule has 0 spiro atoms. The number of carbonyl (C=O) groups excluding carboxylic acids is 1. The summed E-state index contributed by atoms with van der Waals surface area (Å²) >= 11 is 12.0. The largest absolute Gasteiger partial charge is 0.493 e. The number of halogens is 3. The molecule has 6 nitrogen and oxygen atoms in total. The first kappa shape index (κ1) is 24.5. The molecule has 0 atom stereocenters. The van der Waals surface area contributed by atoms with Crippen LogP contribution in [-0.2, 0) is 0 Å². The van der Waals surface area contributed by atoms with E-state index in [1.807, 2.05) is 0 Å². The second-order valence-corrected chi connectivity index (χ2v) is 8.70. The first-order chi connectivity index (χ1) is 17.9. The zero-order chi connectivity index (χ0) is 25.9. The molecule has 0 bridgehead atoms. The third-order valence-corrected chi connectivity index (χ3v) is 5.91. The molecule has 0 saturated carbocycles. The summed E-state index contributed by atoms with van der Waals surface area (Å²) in [6.07, 6.45) is 1.65. The molecule has 4 aromatic carbocycles. The van der Waals surface area contributed by atoms with Crippen LogP contribution >= 0.6 is 23.2 Å². The van der Waals surface area contributed by atoms with Gasteiger partial charge >= 0.3 is 5.97 Å². The average molecular weight is 535 g/mol. The van der Waals surface area contributed by atoms with Crippen molar-refractivity contribution in [2.24, 2.45) is 4.99 Å². The highest BCUT2D eigenvalue weighted by atomic mass is 35.5. The van der Waals surface area contributed by atoms with E-state index in [2.05, 4.69) is 9.98 Å². The molecule has 1 heterocycles. The Labute approximate surface area is 220 Å². The number of nitrogens with zero attached hydrogens (tertiary/aromatic N) is 2. The lowest BCUT2D eigenvalue weighted by atomic mass is 10.2. The monoisotopic (exact) mass is 534 g/mol. The van der Waals surface area contributed by atoms with Crippen LogP contribution in [0.5, 0.6) is 11.5 Å². The van der Waals surface area contributed by atoms with Crippen molar-refractivity contribution < 1.29 is 23.1 Å². The topological polar surface area (TPSA) is 73.9 Å². The summed E-state index contributed by atoms with van der Waals surface area (Å²) in [6.45, 7) is 0.